The molecule has 34 heavy (non-hydrogen) atoms. The fraction of sp³-hybridized carbons (Fsp3) is 0.458. The van der Waals surface area contributed by atoms with Crippen molar-refractivity contribution in [2.45, 2.75) is 32.2 Å². The van der Waals surface area contributed by atoms with Crippen LogP contribution in [0.5, 0.6) is 5.88 Å². The molecule has 2 aliphatic heterocycles. The highest BCUT2D eigenvalue weighted by molar-refractivity contribution is 5.64. The van der Waals surface area contributed by atoms with Gasteiger partial charge in [-0.2, -0.15) is 15.5 Å². The lowest BCUT2D eigenvalue weighted by atomic mass is 9.98. The quantitative estimate of drug-likeness (QED) is 0.516. The van der Waals surface area contributed by atoms with E-state index in [4.69, 9.17) is 14.6 Å². The number of likely N-dealkylation sites (tertiary alicyclic amines) is 1. The number of amides is 1. The summed E-state index contributed by atoms with van der Waals surface area (Å²) in [6.45, 7) is 3.62. The van der Waals surface area contributed by atoms with Crippen LogP contribution in [0, 0.1) is 17.2 Å². The number of ether oxygens (including phenoxy) is 2. The van der Waals surface area contributed by atoms with Gasteiger partial charge in [-0.05, 0) is 31.2 Å². The molecule has 0 aromatic carbocycles. The zero-order valence-electron chi connectivity index (χ0n) is 19.2. The van der Waals surface area contributed by atoms with Gasteiger partial charge in [-0.3, -0.25) is 9.48 Å². The van der Waals surface area contributed by atoms with Gasteiger partial charge >= 0.3 is 0 Å². The van der Waals surface area contributed by atoms with Crippen LogP contribution < -0.4 is 4.74 Å². The van der Waals surface area contributed by atoms with Crippen molar-refractivity contribution in [2.24, 2.45) is 5.92 Å². The smallest absolute Gasteiger partial charge is 0.231 e. The molecule has 0 radical (unpaired) electrons. The maximum absolute atomic E-state index is 11.2. The molecule has 5 heterocycles. The molecule has 1 atom stereocenters. The molecule has 10 heteroatoms. The molecule has 0 saturated carbocycles. The van der Waals surface area contributed by atoms with Gasteiger partial charge in [0.1, 0.15) is 11.6 Å². The lowest BCUT2D eigenvalue weighted by Crippen LogP contribution is -2.36. The molecule has 10 nitrogen and oxygen atoms in total. The normalized spacial score (nSPS) is 18.1. The molecule has 1 amide bonds. The first-order chi connectivity index (χ1) is 16.7. The Morgan fingerprint density at radius 2 is 2.21 bits per heavy atom. The summed E-state index contributed by atoms with van der Waals surface area (Å²) in [4.78, 5) is 17.3. The van der Waals surface area contributed by atoms with Crippen molar-refractivity contribution in [3.63, 3.8) is 0 Å². The number of fused-ring (bicyclic) bond motifs is 1. The first-order valence-corrected chi connectivity index (χ1v) is 11.6. The molecule has 1 unspecified atom stereocenters. The summed E-state index contributed by atoms with van der Waals surface area (Å²) in [5, 5.41) is 19.1. The van der Waals surface area contributed by atoms with Crippen LogP contribution in [0.3, 0.4) is 0 Å². The SMILES string of the molecule is COc1ncc(-n2nc(-c3cnn(CC4CCCN(C=O)C4)c3)c3c2CCOCC3)cc1C#N. The topological polar surface area (TPSA) is 111 Å². The third-order valence-corrected chi connectivity index (χ3v) is 6.52. The Morgan fingerprint density at radius 1 is 1.32 bits per heavy atom. The van der Waals surface area contributed by atoms with Crippen molar-refractivity contribution in [2.75, 3.05) is 33.4 Å². The number of aromatic nitrogens is 5. The largest absolute Gasteiger partial charge is 0.480 e. The molecule has 1 saturated heterocycles. The number of pyridine rings is 1. The molecule has 0 N–H and O–H groups in total. The van der Waals surface area contributed by atoms with E-state index in [1.807, 2.05) is 26.7 Å². The number of methoxy groups -OCH3 is 1. The van der Waals surface area contributed by atoms with Crippen LogP contribution in [0.1, 0.15) is 29.7 Å². The Morgan fingerprint density at radius 3 is 3.03 bits per heavy atom. The van der Waals surface area contributed by atoms with Crippen molar-refractivity contribution < 1.29 is 14.3 Å². The summed E-state index contributed by atoms with van der Waals surface area (Å²) in [5.74, 6) is 0.690. The zero-order chi connectivity index (χ0) is 23.5. The van der Waals surface area contributed by atoms with E-state index in [1.165, 1.54) is 7.11 Å². The van der Waals surface area contributed by atoms with Crippen LogP contribution in [-0.2, 0) is 28.9 Å². The fourth-order valence-electron chi connectivity index (χ4n) is 4.89. The summed E-state index contributed by atoms with van der Waals surface area (Å²) in [7, 11) is 1.50. The van der Waals surface area contributed by atoms with Crippen molar-refractivity contribution in [1.29, 1.82) is 5.26 Å². The van der Waals surface area contributed by atoms with Gasteiger partial charge in [0, 0.05) is 43.4 Å². The van der Waals surface area contributed by atoms with Crippen molar-refractivity contribution in [1.82, 2.24) is 29.4 Å². The third kappa shape index (κ3) is 4.26. The number of rotatable bonds is 6. The van der Waals surface area contributed by atoms with E-state index in [2.05, 4.69) is 16.2 Å². The molecule has 3 aromatic rings. The fourth-order valence-corrected chi connectivity index (χ4v) is 4.89. The minimum absolute atomic E-state index is 0.296. The van der Waals surface area contributed by atoms with Crippen molar-refractivity contribution >= 4 is 6.41 Å². The second-order valence-electron chi connectivity index (χ2n) is 8.72. The van der Waals surface area contributed by atoms with Crippen LogP contribution in [0.15, 0.2) is 24.7 Å². The second kappa shape index (κ2) is 9.65. The van der Waals surface area contributed by atoms with E-state index in [0.717, 1.165) is 67.8 Å². The summed E-state index contributed by atoms with van der Waals surface area (Å²) in [5.41, 5.74) is 5.09. The Labute approximate surface area is 197 Å². The summed E-state index contributed by atoms with van der Waals surface area (Å²) < 4.78 is 14.8. The average Bonchev–Trinajstić information content (AvgIpc) is 3.40. The number of hydrogen-bond donors (Lipinski definition) is 0. The number of carbonyl (C=O) groups is 1. The van der Waals surface area contributed by atoms with E-state index in [1.54, 1.807) is 12.3 Å². The predicted molar refractivity (Wildman–Crippen MR) is 122 cm³/mol. The predicted octanol–water partition coefficient (Wildman–Crippen LogP) is 1.99. The van der Waals surface area contributed by atoms with Crippen LogP contribution in [0.25, 0.3) is 16.9 Å². The molecule has 5 rings (SSSR count). The van der Waals surface area contributed by atoms with Gasteiger partial charge in [-0.25, -0.2) is 9.67 Å². The number of carbonyl (C=O) groups excluding carboxylic acids is 1. The minimum atomic E-state index is 0.296. The molecule has 176 valence electrons. The molecular weight excluding hydrogens is 434 g/mol. The summed E-state index contributed by atoms with van der Waals surface area (Å²) >= 11 is 0. The molecular formula is C24H27N7O3. The molecule has 0 spiro atoms. The lowest BCUT2D eigenvalue weighted by molar-refractivity contribution is -0.119. The highest BCUT2D eigenvalue weighted by Crippen LogP contribution is 2.31. The summed E-state index contributed by atoms with van der Waals surface area (Å²) in [6.07, 6.45) is 10.1. The molecule has 2 aliphatic rings. The second-order valence-corrected chi connectivity index (χ2v) is 8.72. The van der Waals surface area contributed by atoms with E-state index >= 15 is 0 Å². The highest BCUT2D eigenvalue weighted by Gasteiger charge is 2.24. The van der Waals surface area contributed by atoms with Gasteiger partial charge in [-0.1, -0.05) is 0 Å². The maximum Gasteiger partial charge on any atom is 0.231 e. The van der Waals surface area contributed by atoms with Gasteiger partial charge in [0.2, 0.25) is 12.3 Å². The van der Waals surface area contributed by atoms with Crippen LogP contribution >= 0.6 is 0 Å². The lowest BCUT2D eigenvalue weighted by Gasteiger charge is -2.29. The summed E-state index contributed by atoms with van der Waals surface area (Å²) in [6, 6.07) is 3.89. The van der Waals surface area contributed by atoms with Crippen LogP contribution in [0.2, 0.25) is 0 Å². The first kappa shape index (κ1) is 22.1. The Bertz CT molecular complexity index is 1230. The number of nitriles is 1. The Hall–Kier alpha value is -3.71. The maximum atomic E-state index is 11.2. The third-order valence-electron chi connectivity index (χ3n) is 6.52. The van der Waals surface area contributed by atoms with E-state index in [9.17, 15) is 10.1 Å². The number of piperidine rings is 1. The van der Waals surface area contributed by atoms with E-state index < -0.39 is 0 Å². The van der Waals surface area contributed by atoms with Gasteiger partial charge in [0.15, 0.2) is 0 Å². The van der Waals surface area contributed by atoms with Gasteiger partial charge < -0.3 is 14.4 Å². The Kier molecular flexibility index (Phi) is 6.27. The number of nitrogens with zero attached hydrogens (tertiary/aromatic N) is 7. The van der Waals surface area contributed by atoms with Crippen LogP contribution in [0.4, 0.5) is 0 Å². The van der Waals surface area contributed by atoms with Gasteiger partial charge in [0.25, 0.3) is 0 Å². The highest BCUT2D eigenvalue weighted by atomic mass is 16.5. The number of hydrogen-bond acceptors (Lipinski definition) is 7. The zero-order valence-corrected chi connectivity index (χ0v) is 19.2. The monoisotopic (exact) mass is 461 g/mol. The van der Waals surface area contributed by atoms with Gasteiger partial charge in [0.05, 0.1) is 49.8 Å². The average molecular weight is 462 g/mol. The Balaban J connectivity index is 1.48. The van der Waals surface area contributed by atoms with E-state index in [-0.39, 0.29) is 0 Å². The van der Waals surface area contributed by atoms with Crippen molar-refractivity contribution in [3.05, 3.63) is 41.5 Å². The standard InChI is InChI=1S/C24H27N7O3/c1-33-24-18(10-25)9-20(12-26-24)31-22-5-8-34-7-4-21(22)23(28-31)19-11-27-30(15-19)14-17-3-2-6-29(13-17)16-32/h9,11-12,15-17H,2-8,13-14H2,1H3. The van der Waals surface area contributed by atoms with E-state index in [0.29, 0.717) is 42.7 Å². The molecule has 1 fully saturated rings. The molecule has 0 aliphatic carbocycles. The minimum Gasteiger partial charge on any atom is -0.480 e. The molecule has 0 bridgehead atoms. The van der Waals surface area contributed by atoms with Gasteiger partial charge in [-0.15, -0.1) is 0 Å². The van der Waals surface area contributed by atoms with Crippen molar-refractivity contribution in [3.8, 4) is 28.9 Å². The van der Waals surface area contributed by atoms with Crippen LogP contribution in [-0.4, -0.2) is 69.3 Å². The first-order valence-electron chi connectivity index (χ1n) is 11.6. The molecule has 3 aromatic heterocycles.